The molecule has 0 spiro atoms. The van der Waals surface area contributed by atoms with Crippen molar-refractivity contribution in [3.05, 3.63) is 89.0 Å². The summed E-state index contributed by atoms with van der Waals surface area (Å²) in [6, 6.07) is 19.1. The van der Waals surface area contributed by atoms with Crippen LogP contribution in [-0.2, 0) is 21.4 Å². The Labute approximate surface area is 273 Å². The molecule has 1 saturated carbocycles. The zero-order valence-electron chi connectivity index (χ0n) is 27.0. The molecule has 0 heterocycles. The third kappa shape index (κ3) is 9.92. The van der Waals surface area contributed by atoms with E-state index in [1.165, 1.54) is 62.4 Å². The van der Waals surface area contributed by atoms with E-state index in [0.717, 1.165) is 46.8 Å². The van der Waals surface area contributed by atoms with Gasteiger partial charge in [0.1, 0.15) is 6.04 Å². The fourth-order valence-electron chi connectivity index (χ4n) is 5.98. The van der Waals surface area contributed by atoms with Crippen LogP contribution < -0.4 is 10.0 Å². The van der Waals surface area contributed by atoms with E-state index in [2.05, 4.69) is 28.1 Å². The predicted octanol–water partition coefficient (Wildman–Crippen LogP) is 6.73. The molecule has 0 radical (unpaired) electrons. The Balaban J connectivity index is 1.54. The van der Waals surface area contributed by atoms with Gasteiger partial charge in [0.2, 0.25) is 0 Å². The molecule has 1 fully saturated rings. The van der Waals surface area contributed by atoms with Crippen LogP contribution in [0.25, 0.3) is 11.1 Å². The number of carbonyl (C=O) groups excluding carboxylic acids is 2. The van der Waals surface area contributed by atoms with Crippen LogP contribution in [0, 0.1) is 19.8 Å². The van der Waals surface area contributed by atoms with Gasteiger partial charge in [-0.3, -0.25) is 9.59 Å². The third-order valence-corrected chi connectivity index (χ3v) is 10.7. The zero-order valence-corrected chi connectivity index (χ0v) is 28.6. The van der Waals surface area contributed by atoms with Crippen LogP contribution in [0.15, 0.2) is 71.6 Å². The van der Waals surface area contributed by atoms with Crippen LogP contribution >= 0.6 is 11.8 Å². The van der Waals surface area contributed by atoms with Gasteiger partial charge >= 0.3 is 0 Å². The number of amides is 2. The Morgan fingerprint density at radius 2 is 1.67 bits per heavy atom. The molecular weight excluding hydrogens is 603 g/mol. The van der Waals surface area contributed by atoms with E-state index in [4.69, 9.17) is 0 Å². The monoisotopic (exact) mass is 649 g/mol. The summed E-state index contributed by atoms with van der Waals surface area (Å²) in [7, 11) is -1.95. The second-order valence-corrected chi connectivity index (χ2v) is 15.0. The molecule has 3 aromatic carbocycles. The first-order valence-electron chi connectivity index (χ1n) is 15.9. The van der Waals surface area contributed by atoms with Crippen molar-refractivity contribution in [2.45, 2.75) is 76.3 Å². The summed E-state index contributed by atoms with van der Waals surface area (Å²) in [5.74, 6) is 0.212. The molecule has 1 aliphatic rings. The van der Waals surface area contributed by atoms with Gasteiger partial charge in [0.15, 0.2) is 0 Å². The van der Waals surface area contributed by atoms with E-state index >= 15 is 0 Å². The first kappa shape index (κ1) is 34.7. The highest BCUT2D eigenvalue weighted by Crippen LogP contribution is 2.30. The standard InChI is InChI=1S/C36H47N3O4S2/c1-26-14-17-30(18-15-26)45(42,43)38-36(41)34(21-23-44-4)37-35(40)32-19-16-29(24-33(32)31-13-9-8-10-27(31)2)25-39(3)22-20-28-11-6-5-7-12-28/h8-10,13-19,24,28,34H,5-7,11-12,20-23,25H2,1-4H3,(H,37,40)(H,38,41)/t34-/m0/s1. The van der Waals surface area contributed by atoms with E-state index in [9.17, 15) is 18.0 Å². The number of sulfonamides is 1. The molecule has 3 aromatic rings. The summed E-state index contributed by atoms with van der Waals surface area (Å²) >= 11 is 1.52. The van der Waals surface area contributed by atoms with Gasteiger partial charge in [0, 0.05) is 12.1 Å². The molecule has 45 heavy (non-hydrogen) atoms. The number of thioether (sulfide) groups is 1. The quantitative estimate of drug-likeness (QED) is 0.201. The van der Waals surface area contributed by atoms with E-state index < -0.39 is 27.9 Å². The fraction of sp³-hybridized carbons (Fsp3) is 0.444. The van der Waals surface area contributed by atoms with Gasteiger partial charge < -0.3 is 10.2 Å². The molecule has 2 amide bonds. The molecule has 4 rings (SSSR count). The lowest BCUT2D eigenvalue weighted by molar-refractivity contribution is -0.121. The molecular formula is C36H47N3O4S2. The molecule has 242 valence electrons. The van der Waals surface area contributed by atoms with Crippen molar-refractivity contribution in [3.8, 4) is 11.1 Å². The Bertz CT molecular complexity index is 1550. The predicted molar refractivity (Wildman–Crippen MR) is 185 cm³/mol. The fourth-order valence-corrected chi connectivity index (χ4v) is 7.47. The molecule has 0 bridgehead atoms. The van der Waals surface area contributed by atoms with E-state index in [-0.39, 0.29) is 11.3 Å². The lowest BCUT2D eigenvalue weighted by Gasteiger charge is -2.25. The third-order valence-electron chi connectivity index (χ3n) is 8.66. The number of rotatable bonds is 14. The maximum Gasteiger partial charge on any atom is 0.264 e. The largest absolute Gasteiger partial charge is 0.340 e. The van der Waals surface area contributed by atoms with Crippen molar-refractivity contribution < 1.29 is 18.0 Å². The van der Waals surface area contributed by atoms with Gasteiger partial charge in [-0.15, -0.1) is 0 Å². The lowest BCUT2D eigenvalue weighted by Crippen LogP contribution is -2.48. The number of hydrogen-bond acceptors (Lipinski definition) is 6. The van der Waals surface area contributed by atoms with Crippen LogP contribution in [0.2, 0.25) is 0 Å². The zero-order chi connectivity index (χ0) is 32.4. The van der Waals surface area contributed by atoms with Gasteiger partial charge in [-0.25, -0.2) is 13.1 Å². The summed E-state index contributed by atoms with van der Waals surface area (Å²) in [4.78, 5) is 29.5. The second-order valence-electron chi connectivity index (χ2n) is 12.3. The van der Waals surface area contributed by atoms with Crippen LogP contribution in [0.4, 0.5) is 0 Å². The minimum Gasteiger partial charge on any atom is -0.340 e. The van der Waals surface area contributed by atoms with Gasteiger partial charge in [-0.2, -0.15) is 11.8 Å². The van der Waals surface area contributed by atoms with E-state index in [1.54, 1.807) is 12.1 Å². The molecule has 0 saturated heterocycles. The van der Waals surface area contributed by atoms with Gasteiger partial charge in [-0.05, 0) is 105 Å². The van der Waals surface area contributed by atoms with Crippen molar-refractivity contribution in [2.75, 3.05) is 25.6 Å². The molecule has 0 aromatic heterocycles. The van der Waals surface area contributed by atoms with E-state index in [1.807, 2.05) is 56.5 Å². The minimum absolute atomic E-state index is 0.00229. The normalized spacial score (nSPS) is 14.7. The van der Waals surface area contributed by atoms with Crippen LogP contribution in [0.1, 0.15) is 72.0 Å². The number of nitrogens with zero attached hydrogens (tertiary/aromatic N) is 1. The Hall–Kier alpha value is -3.14. The number of benzene rings is 3. The van der Waals surface area contributed by atoms with Crippen LogP contribution in [0.5, 0.6) is 0 Å². The van der Waals surface area contributed by atoms with Crippen molar-refractivity contribution in [2.24, 2.45) is 5.92 Å². The first-order chi connectivity index (χ1) is 21.6. The van der Waals surface area contributed by atoms with Crippen LogP contribution in [-0.4, -0.2) is 56.8 Å². The van der Waals surface area contributed by atoms with Crippen molar-refractivity contribution in [1.29, 1.82) is 0 Å². The summed E-state index contributed by atoms with van der Waals surface area (Å²) < 4.78 is 28.1. The Morgan fingerprint density at radius 3 is 2.36 bits per heavy atom. The second kappa shape index (κ2) is 16.4. The van der Waals surface area contributed by atoms with Crippen molar-refractivity contribution >= 4 is 33.6 Å². The van der Waals surface area contributed by atoms with Crippen molar-refractivity contribution in [3.63, 3.8) is 0 Å². The first-order valence-corrected chi connectivity index (χ1v) is 18.8. The topological polar surface area (TPSA) is 95.6 Å². The van der Waals surface area contributed by atoms with Crippen LogP contribution in [0.3, 0.4) is 0 Å². The number of hydrogen-bond donors (Lipinski definition) is 2. The summed E-state index contributed by atoms with van der Waals surface area (Å²) in [5, 5.41) is 2.86. The highest BCUT2D eigenvalue weighted by atomic mass is 32.2. The Kier molecular flexibility index (Phi) is 12.7. The number of nitrogens with one attached hydrogen (secondary N) is 2. The lowest BCUT2D eigenvalue weighted by atomic mass is 9.87. The number of aryl methyl sites for hydroxylation is 2. The smallest absolute Gasteiger partial charge is 0.264 e. The van der Waals surface area contributed by atoms with Gasteiger partial charge in [0.05, 0.1) is 4.90 Å². The number of carbonyl (C=O) groups is 2. The summed E-state index contributed by atoms with van der Waals surface area (Å²) in [5.41, 5.74) is 5.24. The Morgan fingerprint density at radius 1 is 0.956 bits per heavy atom. The molecule has 7 nitrogen and oxygen atoms in total. The highest BCUT2D eigenvalue weighted by molar-refractivity contribution is 7.98. The van der Waals surface area contributed by atoms with Crippen molar-refractivity contribution in [1.82, 2.24) is 14.9 Å². The molecule has 1 atom stereocenters. The molecule has 9 heteroatoms. The average molecular weight is 650 g/mol. The average Bonchev–Trinajstić information content (AvgIpc) is 3.02. The molecule has 2 N–H and O–H groups in total. The molecule has 1 aliphatic carbocycles. The maximum atomic E-state index is 13.9. The molecule has 0 aliphatic heterocycles. The highest BCUT2D eigenvalue weighted by Gasteiger charge is 2.27. The summed E-state index contributed by atoms with van der Waals surface area (Å²) in [6.45, 7) is 5.68. The van der Waals surface area contributed by atoms with Gasteiger partial charge in [-0.1, -0.05) is 80.1 Å². The molecule has 0 unspecified atom stereocenters. The van der Waals surface area contributed by atoms with Gasteiger partial charge in [0.25, 0.3) is 21.8 Å². The maximum absolute atomic E-state index is 13.9. The van der Waals surface area contributed by atoms with E-state index in [0.29, 0.717) is 11.3 Å². The summed E-state index contributed by atoms with van der Waals surface area (Å²) in [6.07, 6.45) is 10.1. The minimum atomic E-state index is -4.10. The SMILES string of the molecule is CSCC[C@H](NC(=O)c1ccc(CN(C)CCC2CCCCC2)cc1-c1ccccc1C)C(=O)NS(=O)(=O)c1ccc(C)cc1.